The Labute approximate surface area is 190 Å². The van der Waals surface area contributed by atoms with Crippen molar-refractivity contribution in [1.82, 2.24) is 9.97 Å². The number of rotatable bonds is 8. The van der Waals surface area contributed by atoms with Gasteiger partial charge in [0.1, 0.15) is 11.6 Å². The molecular weight excluding hydrogens is 403 g/mol. The number of methoxy groups -OCH3 is 1. The summed E-state index contributed by atoms with van der Waals surface area (Å²) in [4.78, 5) is 7.64. The molecule has 0 bridgehead atoms. The lowest BCUT2D eigenvalue weighted by atomic mass is 9.69. The number of halogens is 1. The fourth-order valence-electron chi connectivity index (χ4n) is 5.74. The monoisotopic (exact) mass is 438 g/mol. The third-order valence-electron chi connectivity index (χ3n) is 7.05. The molecule has 0 aliphatic heterocycles. The van der Waals surface area contributed by atoms with E-state index in [2.05, 4.69) is 29.9 Å². The van der Waals surface area contributed by atoms with Gasteiger partial charge in [0.25, 0.3) is 0 Å². The van der Waals surface area contributed by atoms with E-state index in [1.807, 2.05) is 12.3 Å². The fraction of sp³-hybridized carbons (Fsp3) is 0.519. The Morgan fingerprint density at radius 2 is 1.94 bits per heavy atom. The number of hydrogen-bond donors (Lipinski definition) is 2. The molecule has 1 atom stereocenters. The summed E-state index contributed by atoms with van der Waals surface area (Å²) >= 11 is 0. The molecule has 32 heavy (non-hydrogen) atoms. The van der Waals surface area contributed by atoms with E-state index in [1.54, 1.807) is 25.4 Å². The van der Waals surface area contributed by atoms with Gasteiger partial charge < -0.3 is 14.8 Å². The van der Waals surface area contributed by atoms with E-state index >= 15 is 0 Å². The summed E-state index contributed by atoms with van der Waals surface area (Å²) in [5.41, 5.74) is 1.39. The number of nitrogens with one attached hydrogen (secondary N) is 1. The van der Waals surface area contributed by atoms with Crippen LogP contribution in [0, 0.1) is 11.7 Å². The third-order valence-corrected chi connectivity index (χ3v) is 7.05. The zero-order valence-electron chi connectivity index (χ0n) is 19.5. The number of benzene rings is 1. The van der Waals surface area contributed by atoms with Crippen LogP contribution in [0.2, 0.25) is 0 Å². The van der Waals surface area contributed by atoms with Gasteiger partial charge in [-0.2, -0.15) is 0 Å². The Hall–Kier alpha value is -2.40. The molecule has 1 saturated carbocycles. The summed E-state index contributed by atoms with van der Waals surface area (Å²) in [5.74, 6) is 0.894. The number of aromatic nitrogens is 2. The molecule has 5 heteroatoms. The lowest BCUT2D eigenvalue weighted by molar-refractivity contribution is -0.0144. The summed E-state index contributed by atoms with van der Waals surface area (Å²) < 4.78 is 19.7. The van der Waals surface area contributed by atoms with Gasteiger partial charge in [-0.25, -0.2) is 4.39 Å². The van der Waals surface area contributed by atoms with Crippen molar-refractivity contribution in [2.45, 2.75) is 76.2 Å². The van der Waals surface area contributed by atoms with E-state index in [4.69, 9.17) is 4.74 Å². The van der Waals surface area contributed by atoms with Gasteiger partial charge in [0, 0.05) is 29.3 Å². The summed E-state index contributed by atoms with van der Waals surface area (Å²) in [6.45, 7) is 4.15. The Bertz CT molecular complexity index is 1020. The van der Waals surface area contributed by atoms with Gasteiger partial charge >= 0.3 is 0 Å². The van der Waals surface area contributed by atoms with Crippen LogP contribution in [0.1, 0.15) is 70.1 Å². The van der Waals surface area contributed by atoms with Crippen molar-refractivity contribution in [2.24, 2.45) is 5.92 Å². The first kappa shape index (κ1) is 22.8. The quantitative estimate of drug-likeness (QED) is 0.432. The van der Waals surface area contributed by atoms with E-state index < -0.39 is 11.0 Å². The minimum Gasteiger partial charge on any atom is -0.496 e. The number of fused-ring (bicyclic) bond motifs is 1. The van der Waals surface area contributed by atoms with Gasteiger partial charge in [-0.1, -0.05) is 46.0 Å². The van der Waals surface area contributed by atoms with Crippen molar-refractivity contribution in [3.05, 3.63) is 59.8 Å². The molecule has 0 spiro atoms. The van der Waals surface area contributed by atoms with Gasteiger partial charge in [-0.3, -0.25) is 4.98 Å². The van der Waals surface area contributed by atoms with E-state index in [0.717, 1.165) is 28.6 Å². The first-order valence-electron chi connectivity index (χ1n) is 11.8. The van der Waals surface area contributed by atoms with Crippen molar-refractivity contribution in [3.8, 4) is 5.75 Å². The molecule has 3 aromatic rings. The highest BCUT2D eigenvalue weighted by molar-refractivity contribution is 5.79. The molecule has 172 valence electrons. The maximum atomic E-state index is 14.2. The minimum absolute atomic E-state index is 0.284. The molecule has 4 nitrogen and oxygen atoms in total. The molecule has 4 rings (SSSR count). The number of aromatic amines is 1. The number of H-pyrrole nitrogens is 1. The zero-order valence-corrected chi connectivity index (χ0v) is 19.5. The van der Waals surface area contributed by atoms with E-state index in [9.17, 15) is 9.50 Å². The second-order valence-electron chi connectivity index (χ2n) is 10.3. The average Bonchev–Trinajstić information content (AvgIpc) is 3.15. The number of nitrogens with zero attached hydrogens (tertiary/aromatic N) is 1. The second-order valence-corrected chi connectivity index (χ2v) is 10.3. The van der Waals surface area contributed by atoms with Crippen LogP contribution in [-0.4, -0.2) is 27.8 Å². The van der Waals surface area contributed by atoms with E-state index in [-0.39, 0.29) is 5.82 Å². The number of ether oxygens (including phenoxy) is 1. The maximum Gasteiger partial charge on any atom is 0.123 e. The largest absolute Gasteiger partial charge is 0.496 e. The van der Waals surface area contributed by atoms with E-state index in [0.29, 0.717) is 24.5 Å². The van der Waals surface area contributed by atoms with Gasteiger partial charge in [-0.05, 0) is 54.5 Å². The molecule has 1 unspecified atom stereocenters. The SMILES string of the molecule is COc1ccc(F)cc1C(C)(C)CC(O)(Cc1cc2ccncc2[nH]1)CC1CCCCC1. The van der Waals surface area contributed by atoms with Crippen LogP contribution in [0.4, 0.5) is 4.39 Å². The molecule has 0 amide bonds. The highest BCUT2D eigenvalue weighted by Gasteiger charge is 2.39. The van der Waals surface area contributed by atoms with Gasteiger partial charge in [0.15, 0.2) is 0 Å². The predicted octanol–water partition coefficient (Wildman–Crippen LogP) is 6.32. The van der Waals surface area contributed by atoms with Gasteiger partial charge in [0.2, 0.25) is 0 Å². The first-order valence-corrected chi connectivity index (χ1v) is 11.8. The molecule has 2 N–H and O–H groups in total. The molecule has 0 radical (unpaired) electrons. The second kappa shape index (κ2) is 9.22. The third kappa shape index (κ3) is 5.15. The molecule has 1 aliphatic rings. The predicted molar refractivity (Wildman–Crippen MR) is 127 cm³/mol. The van der Waals surface area contributed by atoms with Crippen molar-refractivity contribution in [1.29, 1.82) is 0 Å². The summed E-state index contributed by atoms with van der Waals surface area (Å²) in [5, 5.41) is 13.2. The van der Waals surface area contributed by atoms with Crippen molar-refractivity contribution < 1.29 is 14.2 Å². The number of pyridine rings is 1. The van der Waals surface area contributed by atoms with Crippen molar-refractivity contribution in [3.63, 3.8) is 0 Å². The standard InChI is InChI=1S/C27H35FN2O2/c1-26(2,23-14-21(28)9-10-25(23)32-3)18-27(31,15-19-7-5-4-6-8-19)16-22-13-20-11-12-29-17-24(20)30-22/h9-14,17,19,30-31H,4-8,15-16,18H2,1-3H3. The molecule has 1 aliphatic carbocycles. The molecular formula is C27H35FN2O2. The van der Waals surface area contributed by atoms with Gasteiger partial charge in [0.05, 0.1) is 24.4 Å². The Morgan fingerprint density at radius 3 is 2.66 bits per heavy atom. The highest BCUT2D eigenvalue weighted by Crippen LogP contribution is 2.43. The lowest BCUT2D eigenvalue weighted by Gasteiger charge is -2.40. The van der Waals surface area contributed by atoms with Crippen LogP contribution in [0.15, 0.2) is 42.7 Å². The van der Waals surface area contributed by atoms with Crippen molar-refractivity contribution >= 4 is 10.9 Å². The number of aliphatic hydroxyl groups is 1. The summed E-state index contributed by atoms with van der Waals surface area (Å²) in [6, 6.07) is 8.74. The normalized spacial score (nSPS) is 17.4. The molecule has 1 fully saturated rings. The van der Waals surface area contributed by atoms with Crippen LogP contribution in [0.25, 0.3) is 10.9 Å². The zero-order chi connectivity index (χ0) is 22.8. The molecule has 2 heterocycles. The Balaban J connectivity index is 1.65. The lowest BCUT2D eigenvalue weighted by Crippen LogP contribution is -2.41. The van der Waals surface area contributed by atoms with E-state index in [1.165, 1.54) is 38.2 Å². The molecule has 0 saturated heterocycles. The van der Waals surface area contributed by atoms with Crippen LogP contribution in [0.5, 0.6) is 5.75 Å². The Morgan fingerprint density at radius 1 is 1.16 bits per heavy atom. The average molecular weight is 439 g/mol. The van der Waals surface area contributed by atoms with Crippen LogP contribution in [-0.2, 0) is 11.8 Å². The minimum atomic E-state index is -0.920. The Kier molecular flexibility index (Phi) is 6.57. The fourth-order valence-corrected chi connectivity index (χ4v) is 5.74. The van der Waals surface area contributed by atoms with Crippen LogP contribution in [0.3, 0.4) is 0 Å². The smallest absolute Gasteiger partial charge is 0.123 e. The first-order chi connectivity index (χ1) is 15.3. The van der Waals surface area contributed by atoms with Crippen LogP contribution < -0.4 is 4.74 Å². The molecule has 2 aromatic heterocycles. The van der Waals surface area contributed by atoms with Crippen LogP contribution >= 0.6 is 0 Å². The highest BCUT2D eigenvalue weighted by atomic mass is 19.1. The van der Waals surface area contributed by atoms with Crippen molar-refractivity contribution in [2.75, 3.05) is 7.11 Å². The van der Waals surface area contributed by atoms with Gasteiger partial charge in [-0.15, -0.1) is 0 Å². The summed E-state index contributed by atoms with van der Waals surface area (Å²) in [7, 11) is 1.61. The number of hydrogen-bond acceptors (Lipinski definition) is 3. The summed E-state index contributed by atoms with van der Waals surface area (Å²) in [6.07, 6.45) is 11.5. The topological polar surface area (TPSA) is 58.1 Å². The maximum absolute atomic E-state index is 14.2. The molecule has 1 aromatic carbocycles.